The van der Waals surface area contributed by atoms with Crippen LogP contribution in [0.5, 0.6) is 0 Å². The molecule has 0 bridgehead atoms. The minimum atomic E-state index is -0.780. The van der Waals surface area contributed by atoms with Gasteiger partial charge in [-0.1, -0.05) is 0 Å². The summed E-state index contributed by atoms with van der Waals surface area (Å²) < 4.78 is 3.04. The first kappa shape index (κ1) is 18.3. The largest absolute Gasteiger partial charge is 0.394 e. The van der Waals surface area contributed by atoms with E-state index in [2.05, 4.69) is 67.8 Å². The van der Waals surface area contributed by atoms with Gasteiger partial charge in [-0.05, 0) is 85.0 Å². The quantitative estimate of drug-likeness (QED) is 0.370. The molecule has 4 N–H and O–H groups in total. The Labute approximate surface area is 153 Å². The topological polar surface area (TPSA) is 80.9 Å². The Morgan fingerprint density at radius 2 is 1.21 bits per heavy atom. The Morgan fingerprint density at radius 1 is 0.842 bits per heavy atom. The highest BCUT2D eigenvalue weighted by atomic mass is 127. The molecule has 0 heterocycles. The Bertz CT molecular complexity index is 403. The summed E-state index contributed by atoms with van der Waals surface area (Å²) in [5, 5.41) is 37.1. The average molecular weight is 604 g/mol. The molecule has 1 rings (SSSR count). The zero-order valence-corrected chi connectivity index (χ0v) is 16.5. The fourth-order valence-electron chi connectivity index (χ4n) is 1.65. The number of halogens is 3. The van der Waals surface area contributed by atoms with Crippen LogP contribution in [-0.4, -0.2) is 45.8 Å². The van der Waals surface area contributed by atoms with Crippen molar-refractivity contribution in [2.24, 2.45) is 0 Å². The lowest BCUT2D eigenvalue weighted by atomic mass is 10.0. The summed E-state index contributed by atoms with van der Waals surface area (Å²) in [5.41, 5.74) is 1.95. The summed E-state index contributed by atoms with van der Waals surface area (Å²) in [7, 11) is 0. The Hall–Kier alpha value is 1.25. The molecule has 19 heavy (non-hydrogen) atoms. The zero-order valence-electron chi connectivity index (χ0n) is 9.98. The fourth-order valence-corrected chi connectivity index (χ4v) is 5.90. The van der Waals surface area contributed by atoms with E-state index in [9.17, 15) is 10.2 Å². The van der Waals surface area contributed by atoms with E-state index >= 15 is 0 Å². The molecule has 0 saturated heterocycles. The molecule has 1 aromatic rings. The molecule has 0 amide bonds. The first-order valence-electron chi connectivity index (χ1n) is 5.63. The van der Waals surface area contributed by atoms with Gasteiger partial charge < -0.3 is 20.4 Å². The summed E-state index contributed by atoms with van der Waals surface area (Å²) >= 11 is 6.61. The van der Waals surface area contributed by atoms with E-state index in [1.807, 2.05) is 6.07 Å². The van der Waals surface area contributed by atoms with Crippen molar-refractivity contribution < 1.29 is 20.4 Å². The van der Waals surface area contributed by atoms with Crippen molar-refractivity contribution in [3.05, 3.63) is 27.9 Å². The number of hydrogen-bond donors (Lipinski definition) is 4. The molecule has 0 aliphatic carbocycles. The lowest BCUT2D eigenvalue weighted by molar-refractivity contribution is 0.0939. The first-order valence-corrected chi connectivity index (χ1v) is 8.87. The molecule has 0 spiro atoms. The standard InChI is InChI=1S/C12H15I3O4/c13-10-3-11(14)9(2-7(19)5-17)12(15)8(10)1-6(18)4-16/h3,6-7,16-19H,1-2,4-5H2. The lowest BCUT2D eigenvalue weighted by Crippen LogP contribution is -2.20. The first-order chi connectivity index (χ1) is 8.90. The summed E-state index contributed by atoms with van der Waals surface area (Å²) in [4.78, 5) is 0. The molecule has 0 saturated carbocycles. The van der Waals surface area contributed by atoms with Crippen molar-refractivity contribution in [3.63, 3.8) is 0 Å². The van der Waals surface area contributed by atoms with Gasteiger partial charge in [0.2, 0.25) is 0 Å². The van der Waals surface area contributed by atoms with E-state index in [0.717, 1.165) is 21.8 Å². The molecule has 0 aliphatic rings. The van der Waals surface area contributed by atoms with Gasteiger partial charge in [0, 0.05) is 23.6 Å². The van der Waals surface area contributed by atoms with Crippen LogP contribution in [0.25, 0.3) is 0 Å². The third kappa shape index (κ3) is 5.18. The molecular weight excluding hydrogens is 589 g/mol. The number of aliphatic hydroxyl groups excluding tert-OH is 4. The molecule has 0 fully saturated rings. The average Bonchev–Trinajstić information content (AvgIpc) is 2.38. The van der Waals surface area contributed by atoms with Crippen LogP contribution in [-0.2, 0) is 12.8 Å². The maximum absolute atomic E-state index is 9.60. The third-order valence-corrected chi connectivity index (χ3v) is 5.89. The van der Waals surface area contributed by atoms with Gasteiger partial charge in [0.25, 0.3) is 0 Å². The normalized spacial score (nSPS) is 14.5. The fraction of sp³-hybridized carbons (Fsp3) is 0.500. The molecule has 1 aromatic carbocycles. The van der Waals surface area contributed by atoms with Gasteiger partial charge in [-0.3, -0.25) is 0 Å². The van der Waals surface area contributed by atoms with Crippen LogP contribution in [0.1, 0.15) is 11.1 Å². The highest BCUT2D eigenvalue weighted by Crippen LogP contribution is 2.29. The van der Waals surface area contributed by atoms with Gasteiger partial charge in [0.15, 0.2) is 0 Å². The van der Waals surface area contributed by atoms with Crippen molar-refractivity contribution in [3.8, 4) is 0 Å². The van der Waals surface area contributed by atoms with Gasteiger partial charge in [0.1, 0.15) is 0 Å². The second-order valence-corrected chi connectivity index (χ2v) is 7.60. The Kier molecular flexibility index (Phi) is 8.32. The number of aliphatic hydroxyl groups is 4. The summed E-state index contributed by atoms with van der Waals surface area (Å²) in [6.45, 7) is -0.542. The van der Waals surface area contributed by atoms with Crippen LogP contribution in [0.3, 0.4) is 0 Å². The minimum absolute atomic E-state index is 0.271. The molecule has 2 atom stereocenters. The molecular formula is C12H15I3O4. The van der Waals surface area contributed by atoms with Gasteiger partial charge in [-0.25, -0.2) is 0 Å². The second kappa shape index (κ2) is 8.63. The van der Waals surface area contributed by atoms with Gasteiger partial charge in [-0.15, -0.1) is 0 Å². The van der Waals surface area contributed by atoms with Crippen molar-refractivity contribution in [1.82, 2.24) is 0 Å². The minimum Gasteiger partial charge on any atom is -0.394 e. The van der Waals surface area contributed by atoms with Crippen molar-refractivity contribution in [2.45, 2.75) is 25.0 Å². The summed E-state index contributed by atoms with van der Waals surface area (Å²) in [6.07, 6.45) is -0.798. The number of benzene rings is 1. The van der Waals surface area contributed by atoms with Gasteiger partial charge in [0.05, 0.1) is 25.4 Å². The molecule has 4 nitrogen and oxygen atoms in total. The van der Waals surface area contributed by atoms with Gasteiger partial charge in [-0.2, -0.15) is 0 Å². The van der Waals surface area contributed by atoms with Crippen molar-refractivity contribution >= 4 is 67.8 Å². The maximum atomic E-state index is 9.60. The summed E-state index contributed by atoms with van der Waals surface area (Å²) in [5.74, 6) is 0. The molecule has 0 aliphatic heterocycles. The van der Waals surface area contributed by atoms with E-state index in [0.29, 0.717) is 12.8 Å². The smallest absolute Gasteiger partial charge is 0.0811 e. The van der Waals surface area contributed by atoms with Gasteiger partial charge >= 0.3 is 0 Å². The van der Waals surface area contributed by atoms with E-state index in [-0.39, 0.29) is 13.2 Å². The molecule has 2 unspecified atom stereocenters. The van der Waals surface area contributed by atoms with Crippen LogP contribution in [0.2, 0.25) is 0 Å². The number of hydrogen-bond acceptors (Lipinski definition) is 4. The van der Waals surface area contributed by atoms with Crippen LogP contribution in [0.15, 0.2) is 6.07 Å². The van der Waals surface area contributed by atoms with Crippen LogP contribution >= 0.6 is 67.8 Å². The Balaban J connectivity index is 3.14. The Morgan fingerprint density at radius 3 is 1.53 bits per heavy atom. The highest BCUT2D eigenvalue weighted by Gasteiger charge is 2.18. The highest BCUT2D eigenvalue weighted by molar-refractivity contribution is 14.1. The van der Waals surface area contributed by atoms with Crippen LogP contribution in [0, 0.1) is 10.7 Å². The predicted molar refractivity (Wildman–Crippen MR) is 98.2 cm³/mol. The van der Waals surface area contributed by atoms with Crippen molar-refractivity contribution in [2.75, 3.05) is 13.2 Å². The van der Waals surface area contributed by atoms with Crippen LogP contribution < -0.4 is 0 Å². The maximum Gasteiger partial charge on any atom is 0.0811 e. The zero-order chi connectivity index (χ0) is 14.6. The van der Waals surface area contributed by atoms with Crippen molar-refractivity contribution in [1.29, 1.82) is 0 Å². The second-order valence-electron chi connectivity index (χ2n) is 4.19. The molecule has 108 valence electrons. The van der Waals surface area contributed by atoms with E-state index in [1.165, 1.54) is 0 Å². The predicted octanol–water partition coefficient (Wildman–Crippen LogP) is 1.29. The molecule has 7 heteroatoms. The molecule has 0 aromatic heterocycles. The third-order valence-electron chi connectivity index (χ3n) is 2.66. The van der Waals surface area contributed by atoms with E-state index in [4.69, 9.17) is 10.2 Å². The van der Waals surface area contributed by atoms with E-state index in [1.54, 1.807) is 0 Å². The molecule has 0 radical (unpaired) electrons. The lowest BCUT2D eigenvalue weighted by Gasteiger charge is -2.18. The van der Waals surface area contributed by atoms with Crippen LogP contribution in [0.4, 0.5) is 0 Å². The summed E-state index contributed by atoms with van der Waals surface area (Å²) in [6, 6.07) is 1.99. The monoisotopic (exact) mass is 604 g/mol. The SMILES string of the molecule is OCC(O)Cc1c(I)cc(I)c(CC(O)CO)c1I. The van der Waals surface area contributed by atoms with E-state index < -0.39 is 12.2 Å². The number of rotatable bonds is 6.